The number of alkyl halides is 2. The van der Waals surface area contributed by atoms with Gasteiger partial charge < -0.3 is 15.2 Å². The highest BCUT2D eigenvalue weighted by Crippen LogP contribution is 2.16. The molecule has 0 spiro atoms. The van der Waals surface area contributed by atoms with Crippen LogP contribution in [-0.2, 0) is 0 Å². The third-order valence-corrected chi connectivity index (χ3v) is 2.99. The SMILES string of the molecule is CCC(CCO)CNC(=O)c1cccc(OC(F)F)c1. The van der Waals surface area contributed by atoms with Crippen LogP contribution < -0.4 is 10.1 Å². The van der Waals surface area contributed by atoms with E-state index in [1.807, 2.05) is 6.92 Å². The van der Waals surface area contributed by atoms with Gasteiger partial charge in [0.25, 0.3) is 5.91 Å². The Morgan fingerprint density at radius 3 is 2.80 bits per heavy atom. The number of benzene rings is 1. The summed E-state index contributed by atoms with van der Waals surface area (Å²) < 4.78 is 28.4. The van der Waals surface area contributed by atoms with Crippen molar-refractivity contribution in [2.24, 2.45) is 5.92 Å². The van der Waals surface area contributed by atoms with Crippen LogP contribution in [-0.4, -0.2) is 30.8 Å². The molecule has 1 atom stereocenters. The van der Waals surface area contributed by atoms with Crippen LogP contribution in [0.15, 0.2) is 24.3 Å². The van der Waals surface area contributed by atoms with Gasteiger partial charge in [-0.25, -0.2) is 0 Å². The fourth-order valence-corrected chi connectivity index (χ4v) is 1.79. The van der Waals surface area contributed by atoms with Crippen LogP contribution in [0.25, 0.3) is 0 Å². The maximum absolute atomic E-state index is 12.1. The van der Waals surface area contributed by atoms with E-state index in [4.69, 9.17) is 5.11 Å². The summed E-state index contributed by atoms with van der Waals surface area (Å²) in [5.74, 6) is -0.194. The number of halogens is 2. The second-order valence-electron chi connectivity index (χ2n) is 4.40. The molecule has 0 aromatic heterocycles. The Hall–Kier alpha value is -1.69. The van der Waals surface area contributed by atoms with E-state index in [0.717, 1.165) is 6.42 Å². The monoisotopic (exact) mass is 287 g/mol. The maximum atomic E-state index is 12.1. The lowest BCUT2D eigenvalue weighted by Crippen LogP contribution is -2.29. The van der Waals surface area contributed by atoms with E-state index in [9.17, 15) is 13.6 Å². The van der Waals surface area contributed by atoms with Crippen LogP contribution in [0.3, 0.4) is 0 Å². The standard InChI is InChI=1S/C14H19F2NO3/c1-2-10(6-7-18)9-17-13(19)11-4-3-5-12(8-11)20-14(15)16/h3-5,8,10,14,18H,2,6-7,9H2,1H3,(H,17,19). The average Bonchev–Trinajstić information content (AvgIpc) is 2.42. The van der Waals surface area contributed by atoms with E-state index < -0.39 is 6.61 Å². The predicted octanol–water partition coefficient (Wildman–Crippen LogP) is 2.43. The van der Waals surface area contributed by atoms with Gasteiger partial charge >= 0.3 is 6.61 Å². The fraction of sp³-hybridized carbons (Fsp3) is 0.500. The second kappa shape index (κ2) is 8.47. The first-order valence-corrected chi connectivity index (χ1v) is 6.50. The number of ether oxygens (including phenoxy) is 1. The summed E-state index contributed by atoms with van der Waals surface area (Å²) in [5.41, 5.74) is 0.266. The molecule has 0 bridgehead atoms. The van der Waals surface area contributed by atoms with Crippen molar-refractivity contribution in [2.75, 3.05) is 13.2 Å². The van der Waals surface area contributed by atoms with Crippen molar-refractivity contribution in [1.29, 1.82) is 0 Å². The van der Waals surface area contributed by atoms with E-state index in [1.54, 1.807) is 0 Å². The quantitative estimate of drug-likeness (QED) is 0.772. The Morgan fingerprint density at radius 1 is 1.45 bits per heavy atom. The Balaban J connectivity index is 2.58. The Bertz CT molecular complexity index is 427. The number of nitrogens with one attached hydrogen (secondary N) is 1. The van der Waals surface area contributed by atoms with Crippen molar-refractivity contribution in [3.05, 3.63) is 29.8 Å². The van der Waals surface area contributed by atoms with Crippen LogP contribution in [0.5, 0.6) is 5.75 Å². The summed E-state index contributed by atoms with van der Waals surface area (Å²) in [6.07, 6.45) is 1.46. The van der Waals surface area contributed by atoms with E-state index in [2.05, 4.69) is 10.1 Å². The first-order chi connectivity index (χ1) is 9.56. The van der Waals surface area contributed by atoms with Crippen molar-refractivity contribution < 1.29 is 23.4 Å². The molecule has 0 radical (unpaired) electrons. The van der Waals surface area contributed by atoms with Crippen LogP contribution >= 0.6 is 0 Å². The normalized spacial score (nSPS) is 12.2. The van der Waals surface area contributed by atoms with Gasteiger partial charge in [-0.05, 0) is 30.5 Å². The molecule has 0 aliphatic carbocycles. The molecule has 6 heteroatoms. The van der Waals surface area contributed by atoms with E-state index in [1.165, 1.54) is 24.3 Å². The van der Waals surface area contributed by atoms with Gasteiger partial charge in [0.15, 0.2) is 0 Å². The highest BCUT2D eigenvalue weighted by atomic mass is 19.3. The zero-order valence-corrected chi connectivity index (χ0v) is 11.3. The lowest BCUT2D eigenvalue weighted by Gasteiger charge is -2.14. The minimum atomic E-state index is -2.91. The molecule has 0 aliphatic heterocycles. The van der Waals surface area contributed by atoms with Gasteiger partial charge in [0, 0.05) is 18.7 Å². The number of amides is 1. The number of hydrogen-bond acceptors (Lipinski definition) is 3. The number of carbonyl (C=O) groups is 1. The molecule has 0 fully saturated rings. The molecule has 112 valence electrons. The molecule has 0 heterocycles. The van der Waals surface area contributed by atoms with Gasteiger partial charge in [-0.1, -0.05) is 19.4 Å². The predicted molar refractivity (Wildman–Crippen MR) is 70.9 cm³/mol. The molecular weight excluding hydrogens is 268 g/mol. The smallest absolute Gasteiger partial charge is 0.387 e. The summed E-state index contributed by atoms with van der Waals surface area (Å²) in [6.45, 7) is -0.423. The highest BCUT2D eigenvalue weighted by Gasteiger charge is 2.11. The second-order valence-corrected chi connectivity index (χ2v) is 4.40. The van der Waals surface area contributed by atoms with Crippen molar-refractivity contribution in [3.8, 4) is 5.75 Å². The van der Waals surface area contributed by atoms with E-state index in [0.29, 0.717) is 13.0 Å². The Morgan fingerprint density at radius 2 is 2.20 bits per heavy atom. The van der Waals surface area contributed by atoms with Gasteiger partial charge in [0.2, 0.25) is 0 Å². The molecule has 0 aliphatic rings. The summed E-state index contributed by atoms with van der Waals surface area (Å²) in [5, 5.41) is 11.6. The number of aliphatic hydroxyl groups is 1. The lowest BCUT2D eigenvalue weighted by atomic mass is 10.0. The maximum Gasteiger partial charge on any atom is 0.387 e. The molecular formula is C14H19F2NO3. The third kappa shape index (κ3) is 5.52. The van der Waals surface area contributed by atoms with Crippen LogP contribution in [0.2, 0.25) is 0 Å². The van der Waals surface area contributed by atoms with Crippen LogP contribution in [0.1, 0.15) is 30.1 Å². The van der Waals surface area contributed by atoms with E-state index in [-0.39, 0.29) is 29.7 Å². The Kier molecular flexibility index (Phi) is 6.93. The molecule has 2 N–H and O–H groups in total. The van der Waals surface area contributed by atoms with Gasteiger partial charge in [-0.15, -0.1) is 0 Å². The minimum absolute atomic E-state index is 0.0463. The molecule has 1 aromatic rings. The first-order valence-electron chi connectivity index (χ1n) is 6.50. The third-order valence-electron chi connectivity index (χ3n) is 2.99. The summed E-state index contributed by atoms with van der Waals surface area (Å²) >= 11 is 0. The lowest BCUT2D eigenvalue weighted by molar-refractivity contribution is -0.0498. The number of hydrogen-bond donors (Lipinski definition) is 2. The fourth-order valence-electron chi connectivity index (χ4n) is 1.79. The molecule has 1 rings (SSSR count). The molecule has 20 heavy (non-hydrogen) atoms. The summed E-state index contributed by atoms with van der Waals surface area (Å²) in [6, 6.07) is 5.65. The van der Waals surface area contributed by atoms with Crippen molar-refractivity contribution in [1.82, 2.24) is 5.32 Å². The Labute approximate surface area is 116 Å². The van der Waals surface area contributed by atoms with Gasteiger partial charge in [0.05, 0.1) is 0 Å². The highest BCUT2D eigenvalue weighted by molar-refractivity contribution is 5.94. The molecule has 4 nitrogen and oxygen atoms in total. The van der Waals surface area contributed by atoms with Crippen molar-refractivity contribution in [2.45, 2.75) is 26.4 Å². The summed E-state index contributed by atoms with van der Waals surface area (Å²) in [4.78, 5) is 11.9. The first kappa shape index (κ1) is 16.4. The minimum Gasteiger partial charge on any atom is -0.435 e. The van der Waals surface area contributed by atoms with Gasteiger partial charge in [-0.2, -0.15) is 8.78 Å². The van der Waals surface area contributed by atoms with E-state index >= 15 is 0 Å². The molecule has 1 unspecified atom stereocenters. The molecule has 0 saturated carbocycles. The van der Waals surface area contributed by atoms with Crippen LogP contribution in [0, 0.1) is 5.92 Å². The van der Waals surface area contributed by atoms with Gasteiger partial charge in [0.1, 0.15) is 5.75 Å². The number of carbonyl (C=O) groups excluding carboxylic acids is 1. The largest absolute Gasteiger partial charge is 0.435 e. The zero-order valence-electron chi connectivity index (χ0n) is 11.3. The van der Waals surface area contributed by atoms with Crippen LogP contribution in [0.4, 0.5) is 8.78 Å². The topological polar surface area (TPSA) is 58.6 Å². The van der Waals surface area contributed by atoms with Gasteiger partial charge in [-0.3, -0.25) is 4.79 Å². The molecule has 1 aromatic carbocycles. The zero-order chi connectivity index (χ0) is 15.0. The number of rotatable bonds is 8. The average molecular weight is 287 g/mol. The summed E-state index contributed by atoms with van der Waals surface area (Å²) in [7, 11) is 0. The number of aliphatic hydroxyl groups excluding tert-OH is 1. The van der Waals surface area contributed by atoms with Crippen molar-refractivity contribution in [3.63, 3.8) is 0 Å². The molecule has 1 amide bonds. The molecule has 0 saturated heterocycles. The van der Waals surface area contributed by atoms with Crippen molar-refractivity contribution >= 4 is 5.91 Å².